The van der Waals surface area contributed by atoms with Crippen LogP contribution in [0.5, 0.6) is 0 Å². The van der Waals surface area contributed by atoms with Crippen LogP contribution in [0, 0.1) is 11.6 Å². The number of halogens is 2. The zero-order chi connectivity index (χ0) is 23.1. The second-order valence-corrected chi connectivity index (χ2v) is 9.70. The third kappa shape index (κ3) is 7.94. The summed E-state index contributed by atoms with van der Waals surface area (Å²) in [4.78, 5) is 14.4. The number of morpholine rings is 1. The Balaban J connectivity index is 1.42. The Hall–Kier alpha value is -2.40. The molecular formula is C22H27F2N3O4S. The first-order valence-corrected chi connectivity index (χ1v) is 12.1. The van der Waals surface area contributed by atoms with Gasteiger partial charge in [-0.1, -0.05) is 30.3 Å². The van der Waals surface area contributed by atoms with E-state index in [-0.39, 0.29) is 25.0 Å². The molecule has 0 radical (unpaired) electrons. The van der Waals surface area contributed by atoms with Crippen LogP contribution in [-0.4, -0.2) is 57.8 Å². The fourth-order valence-electron chi connectivity index (χ4n) is 3.41. The normalized spacial score (nSPS) is 17.3. The molecular weight excluding hydrogens is 440 g/mol. The van der Waals surface area contributed by atoms with Gasteiger partial charge in [0, 0.05) is 32.7 Å². The van der Waals surface area contributed by atoms with Crippen molar-refractivity contribution in [3.05, 3.63) is 70.8 Å². The number of hydrogen-bond donors (Lipinski definition) is 2. The zero-order valence-corrected chi connectivity index (χ0v) is 18.6. The molecule has 0 aromatic heterocycles. The summed E-state index contributed by atoms with van der Waals surface area (Å²) in [5, 5.41) is 2.87. The van der Waals surface area contributed by atoms with Gasteiger partial charge in [-0.05, 0) is 28.8 Å². The minimum atomic E-state index is -3.26. The Morgan fingerprint density at radius 3 is 2.47 bits per heavy atom. The summed E-state index contributed by atoms with van der Waals surface area (Å²) in [5.74, 6) is -1.87. The minimum Gasteiger partial charge on any atom is -0.374 e. The van der Waals surface area contributed by atoms with E-state index in [1.165, 1.54) is 6.07 Å². The fourth-order valence-corrected chi connectivity index (χ4v) is 3.84. The van der Waals surface area contributed by atoms with Crippen molar-refractivity contribution in [3.63, 3.8) is 0 Å². The lowest BCUT2D eigenvalue weighted by atomic mass is 10.1. The summed E-state index contributed by atoms with van der Waals surface area (Å²) in [5.41, 5.74) is 2.30. The SMILES string of the molecule is CS(=O)(=O)NCc1ccc(CC(=O)NC[C@H]2CN(Cc3ccc(F)c(F)c3)CCO2)cc1. The molecule has 7 nitrogen and oxygen atoms in total. The highest BCUT2D eigenvalue weighted by atomic mass is 32.2. The average Bonchev–Trinajstić information content (AvgIpc) is 2.74. The number of sulfonamides is 1. The van der Waals surface area contributed by atoms with Gasteiger partial charge in [0.05, 0.1) is 25.4 Å². The number of benzene rings is 2. The summed E-state index contributed by atoms with van der Waals surface area (Å²) < 4.78 is 56.9. The molecule has 0 unspecified atom stereocenters. The molecule has 2 aromatic rings. The van der Waals surface area contributed by atoms with Crippen LogP contribution in [0.1, 0.15) is 16.7 Å². The summed E-state index contributed by atoms with van der Waals surface area (Å²) in [6, 6.07) is 11.0. The summed E-state index contributed by atoms with van der Waals surface area (Å²) in [6.45, 7) is 2.76. The summed E-state index contributed by atoms with van der Waals surface area (Å²) in [6.07, 6.45) is 1.11. The molecule has 1 atom stereocenters. The van der Waals surface area contributed by atoms with E-state index in [0.29, 0.717) is 38.3 Å². The maximum absolute atomic E-state index is 13.4. The second kappa shape index (κ2) is 11.0. The van der Waals surface area contributed by atoms with E-state index in [0.717, 1.165) is 23.4 Å². The average molecular weight is 468 g/mol. The van der Waals surface area contributed by atoms with E-state index in [4.69, 9.17) is 4.74 Å². The Bertz CT molecular complexity index is 1030. The molecule has 2 N–H and O–H groups in total. The molecule has 1 aliphatic heterocycles. The number of carbonyl (C=O) groups excluding carboxylic acids is 1. The molecule has 32 heavy (non-hydrogen) atoms. The first-order valence-electron chi connectivity index (χ1n) is 10.2. The smallest absolute Gasteiger partial charge is 0.224 e. The van der Waals surface area contributed by atoms with Crippen molar-refractivity contribution in [2.75, 3.05) is 32.5 Å². The standard InChI is InChI=1S/C22H27F2N3O4S/c1-32(29,30)26-12-17-4-2-16(3-5-17)11-22(28)25-13-19-15-27(8-9-31-19)14-18-6-7-20(23)21(24)10-18/h2-7,10,19,26H,8-9,11-15H2,1H3,(H,25,28)/t19-/m0/s1. The van der Waals surface area contributed by atoms with Gasteiger partial charge >= 0.3 is 0 Å². The molecule has 1 heterocycles. The van der Waals surface area contributed by atoms with Crippen LogP contribution in [0.2, 0.25) is 0 Å². The maximum atomic E-state index is 13.4. The third-order valence-electron chi connectivity index (χ3n) is 5.07. The van der Waals surface area contributed by atoms with Crippen molar-refractivity contribution in [2.45, 2.75) is 25.6 Å². The molecule has 0 saturated carbocycles. The lowest BCUT2D eigenvalue weighted by Gasteiger charge is -2.33. The first-order chi connectivity index (χ1) is 15.2. The Morgan fingerprint density at radius 2 is 1.78 bits per heavy atom. The van der Waals surface area contributed by atoms with Crippen molar-refractivity contribution in [3.8, 4) is 0 Å². The number of hydrogen-bond acceptors (Lipinski definition) is 5. The molecule has 3 rings (SSSR count). The second-order valence-electron chi connectivity index (χ2n) is 7.87. The number of rotatable bonds is 9. The highest BCUT2D eigenvalue weighted by Crippen LogP contribution is 2.14. The molecule has 1 amide bonds. The number of amides is 1. The van der Waals surface area contributed by atoms with E-state index in [1.54, 1.807) is 30.3 Å². The molecule has 0 bridgehead atoms. The van der Waals surface area contributed by atoms with Gasteiger partial charge in [0.2, 0.25) is 15.9 Å². The van der Waals surface area contributed by atoms with Gasteiger partial charge in [-0.3, -0.25) is 9.69 Å². The van der Waals surface area contributed by atoms with Crippen molar-refractivity contribution in [1.29, 1.82) is 0 Å². The fraction of sp³-hybridized carbons (Fsp3) is 0.409. The van der Waals surface area contributed by atoms with Crippen LogP contribution in [0.25, 0.3) is 0 Å². The van der Waals surface area contributed by atoms with Crippen LogP contribution in [-0.2, 0) is 39.1 Å². The van der Waals surface area contributed by atoms with Crippen LogP contribution in [0.15, 0.2) is 42.5 Å². The van der Waals surface area contributed by atoms with Crippen LogP contribution in [0.4, 0.5) is 8.78 Å². The molecule has 1 aliphatic rings. The third-order valence-corrected chi connectivity index (χ3v) is 5.73. The number of carbonyl (C=O) groups is 1. The Morgan fingerprint density at radius 1 is 1.09 bits per heavy atom. The topological polar surface area (TPSA) is 87.7 Å². The molecule has 2 aromatic carbocycles. The van der Waals surface area contributed by atoms with Crippen molar-refractivity contribution in [1.82, 2.24) is 14.9 Å². The highest BCUT2D eigenvalue weighted by molar-refractivity contribution is 7.88. The van der Waals surface area contributed by atoms with Gasteiger partial charge in [-0.15, -0.1) is 0 Å². The van der Waals surface area contributed by atoms with E-state index in [1.807, 2.05) is 0 Å². The van der Waals surface area contributed by atoms with Crippen LogP contribution in [0.3, 0.4) is 0 Å². The lowest BCUT2D eigenvalue weighted by Crippen LogP contribution is -2.47. The van der Waals surface area contributed by atoms with Gasteiger partial charge in [0.25, 0.3) is 0 Å². The van der Waals surface area contributed by atoms with Crippen LogP contribution >= 0.6 is 0 Å². The first kappa shape index (κ1) is 24.2. The van der Waals surface area contributed by atoms with E-state index in [9.17, 15) is 22.0 Å². The van der Waals surface area contributed by atoms with Gasteiger partial charge in [0.15, 0.2) is 11.6 Å². The molecule has 174 valence electrons. The van der Waals surface area contributed by atoms with Gasteiger partial charge in [-0.25, -0.2) is 21.9 Å². The molecule has 1 saturated heterocycles. The van der Waals surface area contributed by atoms with Crippen LogP contribution < -0.4 is 10.0 Å². The summed E-state index contributed by atoms with van der Waals surface area (Å²) in [7, 11) is -3.26. The predicted molar refractivity (Wildman–Crippen MR) is 116 cm³/mol. The van der Waals surface area contributed by atoms with Crippen molar-refractivity contribution >= 4 is 15.9 Å². The van der Waals surface area contributed by atoms with Gasteiger partial charge in [-0.2, -0.15) is 0 Å². The lowest BCUT2D eigenvalue weighted by molar-refractivity contribution is -0.121. The van der Waals surface area contributed by atoms with Gasteiger partial charge in [0.1, 0.15) is 0 Å². The molecule has 0 aliphatic carbocycles. The van der Waals surface area contributed by atoms with Crippen molar-refractivity contribution in [2.24, 2.45) is 0 Å². The molecule has 1 fully saturated rings. The number of ether oxygens (including phenoxy) is 1. The number of nitrogens with zero attached hydrogens (tertiary/aromatic N) is 1. The van der Waals surface area contributed by atoms with Gasteiger partial charge < -0.3 is 10.1 Å². The zero-order valence-electron chi connectivity index (χ0n) is 17.8. The summed E-state index contributed by atoms with van der Waals surface area (Å²) >= 11 is 0. The number of nitrogens with one attached hydrogen (secondary N) is 2. The Labute approximate surface area is 186 Å². The molecule has 0 spiro atoms. The quantitative estimate of drug-likeness (QED) is 0.585. The van der Waals surface area contributed by atoms with E-state index >= 15 is 0 Å². The largest absolute Gasteiger partial charge is 0.374 e. The van der Waals surface area contributed by atoms with E-state index < -0.39 is 21.7 Å². The predicted octanol–water partition coefficient (Wildman–Crippen LogP) is 1.57. The highest BCUT2D eigenvalue weighted by Gasteiger charge is 2.21. The minimum absolute atomic E-state index is 0.145. The maximum Gasteiger partial charge on any atom is 0.224 e. The van der Waals surface area contributed by atoms with E-state index in [2.05, 4.69) is 14.9 Å². The molecule has 10 heteroatoms. The van der Waals surface area contributed by atoms with Crippen molar-refractivity contribution < 1.29 is 26.7 Å². The Kier molecular flexibility index (Phi) is 8.30. The monoisotopic (exact) mass is 467 g/mol.